The Labute approximate surface area is 178 Å². The number of benzene rings is 1. The smallest absolute Gasteiger partial charge is 0.314 e. The number of hydrogen-bond acceptors (Lipinski definition) is 5. The number of likely N-dealkylation sites (tertiary alicyclic amines) is 1. The summed E-state index contributed by atoms with van der Waals surface area (Å²) in [6, 6.07) is 6.46. The molecule has 2 aromatic heterocycles. The largest absolute Gasteiger partial charge is 0.466 e. The van der Waals surface area contributed by atoms with Gasteiger partial charge in [0.1, 0.15) is 11.5 Å². The Bertz CT molecular complexity index is 1090. The van der Waals surface area contributed by atoms with E-state index in [1.165, 1.54) is 17.4 Å². The van der Waals surface area contributed by atoms with E-state index in [2.05, 4.69) is 4.98 Å². The topological polar surface area (TPSA) is 63.9 Å². The SMILES string of the molecule is CCOC(=O)[C@@]1(Cc2ccccc2F)CCCN(C(=O)c2c(C)nc3sccn23)C1. The second kappa shape index (κ2) is 8.18. The molecule has 3 aromatic rings. The predicted octanol–water partition coefficient (Wildman–Crippen LogP) is 3.87. The molecule has 3 heterocycles. The maximum atomic E-state index is 14.4. The summed E-state index contributed by atoms with van der Waals surface area (Å²) < 4.78 is 21.6. The summed E-state index contributed by atoms with van der Waals surface area (Å²) in [5.41, 5.74) is 0.657. The molecule has 0 spiro atoms. The van der Waals surface area contributed by atoms with E-state index < -0.39 is 5.41 Å². The van der Waals surface area contributed by atoms with Gasteiger partial charge in [-0.1, -0.05) is 18.2 Å². The monoisotopic (exact) mass is 429 g/mol. The second-order valence-electron chi connectivity index (χ2n) is 7.70. The summed E-state index contributed by atoms with van der Waals surface area (Å²) in [6.45, 7) is 4.53. The zero-order valence-electron chi connectivity index (χ0n) is 17.1. The summed E-state index contributed by atoms with van der Waals surface area (Å²) in [5.74, 6) is -0.895. The molecule has 6 nitrogen and oxygen atoms in total. The molecule has 1 atom stereocenters. The van der Waals surface area contributed by atoms with Crippen LogP contribution in [-0.4, -0.2) is 45.9 Å². The minimum atomic E-state index is -0.974. The predicted molar refractivity (Wildman–Crippen MR) is 112 cm³/mol. The van der Waals surface area contributed by atoms with Crippen LogP contribution in [0.4, 0.5) is 4.39 Å². The summed E-state index contributed by atoms with van der Waals surface area (Å²) in [5, 5.41) is 1.88. The van der Waals surface area contributed by atoms with Gasteiger partial charge in [0.2, 0.25) is 0 Å². The van der Waals surface area contributed by atoms with Gasteiger partial charge in [0.25, 0.3) is 5.91 Å². The third kappa shape index (κ3) is 3.60. The lowest BCUT2D eigenvalue weighted by atomic mass is 9.74. The van der Waals surface area contributed by atoms with Crippen molar-refractivity contribution in [2.24, 2.45) is 5.41 Å². The van der Waals surface area contributed by atoms with Crippen LogP contribution >= 0.6 is 11.3 Å². The van der Waals surface area contributed by atoms with E-state index in [-0.39, 0.29) is 37.3 Å². The van der Waals surface area contributed by atoms with E-state index in [9.17, 15) is 14.0 Å². The van der Waals surface area contributed by atoms with Crippen LogP contribution in [0.25, 0.3) is 4.96 Å². The van der Waals surface area contributed by atoms with Gasteiger partial charge in [-0.15, -0.1) is 11.3 Å². The molecule has 0 N–H and O–H groups in total. The fraction of sp³-hybridized carbons (Fsp3) is 0.409. The molecule has 158 valence electrons. The van der Waals surface area contributed by atoms with Gasteiger partial charge in [0.05, 0.1) is 17.7 Å². The molecular formula is C22H24FN3O3S. The number of piperidine rings is 1. The zero-order valence-corrected chi connectivity index (χ0v) is 17.9. The van der Waals surface area contributed by atoms with Crippen molar-refractivity contribution in [2.45, 2.75) is 33.1 Å². The number of carbonyl (C=O) groups excluding carboxylic acids is 2. The van der Waals surface area contributed by atoms with Crippen molar-refractivity contribution in [3.05, 3.63) is 58.6 Å². The third-order valence-corrected chi connectivity index (χ3v) is 6.45. The zero-order chi connectivity index (χ0) is 21.3. The highest BCUT2D eigenvalue weighted by atomic mass is 32.1. The molecular weight excluding hydrogens is 405 g/mol. The summed E-state index contributed by atoms with van der Waals surface area (Å²) in [7, 11) is 0. The molecule has 0 aliphatic carbocycles. The van der Waals surface area contributed by atoms with Crippen LogP contribution in [0.2, 0.25) is 0 Å². The van der Waals surface area contributed by atoms with Gasteiger partial charge >= 0.3 is 5.97 Å². The van der Waals surface area contributed by atoms with E-state index in [0.717, 1.165) is 4.96 Å². The van der Waals surface area contributed by atoms with Crippen molar-refractivity contribution in [3.8, 4) is 0 Å². The van der Waals surface area contributed by atoms with Crippen LogP contribution in [0, 0.1) is 18.2 Å². The Kier molecular flexibility index (Phi) is 5.60. The summed E-state index contributed by atoms with van der Waals surface area (Å²) in [6.07, 6.45) is 3.21. The standard InChI is InChI=1S/C22H24FN3O3S/c1-3-29-20(28)22(13-16-7-4-5-8-17(16)23)9-6-10-25(14-22)19(27)18-15(2)24-21-26(18)11-12-30-21/h4-5,7-8,11-12H,3,6,9-10,13-14H2,1-2H3/t22-/m1/s1. The molecule has 30 heavy (non-hydrogen) atoms. The summed E-state index contributed by atoms with van der Waals surface area (Å²) >= 11 is 1.47. The first-order valence-electron chi connectivity index (χ1n) is 10.1. The first kappa shape index (κ1) is 20.5. The summed E-state index contributed by atoms with van der Waals surface area (Å²) in [4.78, 5) is 33.4. The van der Waals surface area contributed by atoms with E-state index in [4.69, 9.17) is 4.74 Å². The van der Waals surface area contributed by atoms with Crippen molar-refractivity contribution in [1.29, 1.82) is 0 Å². The van der Waals surface area contributed by atoms with Crippen LogP contribution in [0.3, 0.4) is 0 Å². The molecule has 1 saturated heterocycles. The van der Waals surface area contributed by atoms with Crippen molar-refractivity contribution in [3.63, 3.8) is 0 Å². The lowest BCUT2D eigenvalue weighted by Gasteiger charge is -2.41. The molecule has 1 fully saturated rings. The van der Waals surface area contributed by atoms with Crippen LogP contribution in [0.15, 0.2) is 35.8 Å². The minimum Gasteiger partial charge on any atom is -0.466 e. The maximum Gasteiger partial charge on any atom is 0.314 e. The van der Waals surface area contributed by atoms with Gasteiger partial charge < -0.3 is 9.64 Å². The highest BCUT2D eigenvalue weighted by Gasteiger charge is 2.45. The maximum absolute atomic E-state index is 14.4. The number of aromatic nitrogens is 2. The molecule has 1 aliphatic rings. The first-order valence-corrected chi connectivity index (χ1v) is 11.0. The number of ether oxygens (including phenoxy) is 1. The van der Waals surface area contributed by atoms with Crippen molar-refractivity contribution in [2.75, 3.05) is 19.7 Å². The van der Waals surface area contributed by atoms with Gasteiger partial charge in [-0.3, -0.25) is 14.0 Å². The van der Waals surface area contributed by atoms with Gasteiger partial charge in [0.15, 0.2) is 4.96 Å². The highest BCUT2D eigenvalue weighted by Crippen LogP contribution is 2.37. The number of nitrogens with zero attached hydrogens (tertiary/aromatic N) is 3. The number of amides is 1. The molecule has 0 radical (unpaired) electrons. The van der Waals surface area contributed by atoms with Crippen LogP contribution in [0.1, 0.15) is 41.5 Å². The van der Waals surface area contributed by atoms with Crippen LogP contribution in [0.5, 0.6) is 0 Å². The Morgan fingerprint density at radius 3 is 2.90 bits per heavy atom. The van der Waals surface area contributed by atoms with Gasteiger partial charge in [0, 0.05) is 24.7 Å². The average molecular weight is 430 g/mol. The quantitative estimate of drug-likeness (QED) is 0.578. The number of fused-ring (bicyclic) bond motifs is 1. The average Bonchev–Trinajstić information content (AvgIpc) is 3.29. The Morgan fingerprint density at radius 2 is 2.13 bits per heavy atom. The van der Waals surface area contributed by atoms with E-state index in [0.29, 0.717) is 36.3 Å². The Morgan fingerprint density at radius 1 is 1.33 bits per heavy atom. The lowest BCUT2D eigenvalue weighted by molar-refractivity contribution is -0.158. The first-order chi connectivity index (χ1) is 14.4. The molecule has 0 bridgehead atoms. The number of hydrogen-bond donors (Lipinski definition) is 0. The molecule has 1 aromatic carbocycles. The number of rotatable bonds is 5. The van der Waals surface area contributed by atoms with Gasteiger partial charge in [-0.25, -0.2) is 9.37 Å². The third-order valence-electron chi connectivity index (χ3n) is 5.70. The Balaban J connectivity index is 1.67. The number of esters is 1. The highest BCUT2D eigenvalue weighted by molar-refractivity contribution is 7.15. The van der Waals surface area contributed by atoms with Gasteiger partial charge in [-0.05, 0) is 44.7 Å². The number of halogens is 1. The van der Waals surface area contributed by atoms with Crippen LogP contribution in [-0.2, 0) is 16.0 Å². The molecule has 0 unspecified atom stereocenters. The number of carbonyl (C=O) groups is 2. The van der Waals surface area contributed by atoms with E-state index in [1.54, 1.807) is 34.4 Å². The van der Waals surface area contributed by atoms with Crippen LogP contribution < -0.4 is 0 Å². The molecule has 4 rings (SSSR count). The van der Waals surface area contributed by atoms with Crippen molar-refractivity contribution >= 4 is 28.2 Å². The number of imidazole rings is 1. The number of aryl methyl sites for hydroxylation is 1. The Hall–Kier alpha value is -2.74. The fourth-order valence-corrected chi connectivity index (χ4v) is 5.04. The molecule has 1 amide bonds. The second-order valence-corrected chi connectivity index (χ2v) is 8.57. The fourth-order valence-electron chi connectivity index (χ4n) is 4.28. The van der Waals surface area contributed by atoms with E-state index in [1.807, 2.05) is 18.5 Å². The molecule has 0 saturated carbocycles. The normalized spacial score (nSPS) is 19.2. The lowest BCUT2D eigenvalue weighted by Crippen LogP contribution is -2.52. The molecule has 8 heteroatoms. The number of thiazole rings is 1. The van der Waals surface area contributed by atoms with Gasteiger partial charge in [-0.2, -0.15) is 0 Å². The van der Waals surface area contributed by atoms with Crippen molar-refractivity contribution < 1.29 is 18.7 Å². The van der Waals surface area contributed by atoms with Crippen molar-refractivity contribution in [1.82, 2.24) is 14.3 Å². The minimum absolute atomic E-state index is 0.166. The van der Waals surface area contributed by atoms with E-state index >= 15 is 0 Å². The molecule has 1 aliphatic heterocycles.